The number of phenolic OH excluding ortho intramolecular Hbond substituents is 2. The van der Waals surface area contributed by atoms with Gasteiger partial charge in [0, 0.05) is 6.42 Å². The topological polar surface area (TPSA) is 57.5 Å². The molecular weight excluding hydrogens is 168 g/mol. The molecule has 0 saturated heterocycles. The van der Waals surface area contributed by atoms with Gasteiger partial charge in [-0.1, -0.05) is 18.2 Å². The fourth-order valence-electron chi connectivity index (χ4n) is 0.953. The Morgan fingerprint density at radius 2 is 1.85 bits per heavy atom. The molecule has 0 atom stereocenters. The summed E-state index contributed by atoms with van der Waals surface area (Å²) in [5.74, 6) is 0.00398. The largest absolute Gasteiger partial charge is 0.507 e. The molecule has 1 aromatic carbocycles. The molecule has 0 aromatic heterocycles. The van der Waals surface area contributed by atoms with E-state index in [-0.39, 0.29) is 17.9 Å². The van der Waals surface area contributed by atoms with Crippen LogP contribution in [0.25, 0.3) is 6.08 Å². The Bertz CT molecular complexity index is 309. The molecule has 1 aromatic rings. The number of benzene rings is 1. The first-order valence-corrected chi connectivity index (χ1v) is 3.87. The van der Waals surface area contributed by atoms with Crippen LogP contribution in [0.15, 0.2) is 24.3 Å². The fraction of sp³-hybridized carbons (Fsp3) is 0.100. The van der Waals surface area contributed by atoms with Crippen molar-refractivity contribution in [3.63, 3.8) is 0 Å². The second kappa shape index (κ2) is 4.30. The number of carbonyl (C=O) groups excluding carboxylic acids is 1. The van der Waals surface area contributed by atoms with E-state index in [9.17, 15) is 15.0 Å². The van der Waals surface area contributed by atoms with E-state index in [0.717, 1.165) is 6.29 Å². The smallest absolute Gasteiger partial charge is 0.126 e. The van der Waals surface area contributed by atoms with Gasteiger partial charge in [0.1, 0.15) is 17.8 Å². The van der Waals surface area contributed by atoms with Crippen molar-refractivity contribution < 1.29 is 15.0 Å². The fourth-order valence-corrected chi connectivity index (χ4v) is 0.953. The summed E-state index contributed by atoms with van der Waals surface area (Å²) in [6.07, 6.45) is 4.10. The van der Waals surface area contributed by atoms with E-state index in [4.69, 9.17) is 0 Å². The van der Waals surface area contributed by atoms with Crippen LogP contribution in [0, 0.1) is 0 Å². The first-order chi connectivity index (χ1) is 6.25. The van der Waals surface area contributed by atoms with Gasteiger partial charge in [-0.15, -0.1) is 0 Å². The van der Waals surface area contributed by atoms with E-state index in [2.05, 4.69) is 0 Å². The van der Waals surface area contributed by atoms with Crippen LogP contribution in [0.1, 0.15) is 12.0 Å². The first-order valence-electron chi connectivity index (χ1n) is 3.87. The maximum atomic E-state index is 9.99. The number of hydrogen-bond donors (Lipinski definition) is 2. The summed E-state index contributed by atoms with van der Waals surface area (Å²) in [5.41, 5.74) is 0.337. The van der Waals surface area contributed by atoms with Crippen LogP contribution in [0.2, 0.25) is 0 Å². The van der Waals surface area contributed by atoms with Crippen molar-refractivity contribution in [3.05, 3.63) is 29.8 Å². The molecule has 0 heterocycles. The molecule has 0 unspecified atom stereocenters. The molecule has 0 spiro atoms. The first kappa shape index (κ1) is 9.32. The summed E-state index contributed by atoms with van der Waals surface area (Å²) in [6, 6.07) is 4.49. The summed E-state index contributed by atoms with van der Waals surface area (Å²) in [4.78, 5) is 9.99. The molecule has 0 bridgehead atoms. The molecule has 3 heteroatoms. The van der Waals surface area contributed by atoms with Gasteiger partial charge < -0.3 is 15.0 Å². The van der Waals surface area contributed by atoms with Crippen LogP contribution in [0.3, 0.4) is 0 Å². The number of carbonyl (C=O) groups is 1. The molecule has 0 fully saturated rings. The number of aromatic hydroxyl groups is 2. The lowest BCUT2D eigenvalue weighted by atomic mass is 10.1. The normalized spacial score (nSPS) is 10.5. The van der Waals surface area contributed by atoms with E-state index in [0.29, 0.717) is 5.56 Å². The molecule has 0 aliphatic heterocycles. The maximum Gasteiger partial charge on any atom is 0.126 e. The van der Waals surface area contributed by atoms with Crippen molar-refractivity contribution >= 4 is 12.4 Å². The van der Waals surface area contributed by atoms with Crippen LogP contribution in [-0.2, 0) is 4.79 Å². The van der Waals surface area contributed by atoms with Crippen molar-refractivity contribution in [1.29, 1.82) is 0 Å². The van der Waals surface area contributed by atoms with Crippen molar-refractivity contribution in [2.75, 3.05) is 0 Å². The third-order valence-corrected chi connectivity index (χ3v) is 1.58. The number of aldehydes is 1. The zero-order valence-corrected chi connectivity index (χ0v) is 6.97. The third kappa shape index (κ3) is 2.33. The number of hydrogen-bond acceptors (Lipinski definition) is 3. The third-order valence-electron chi connectivity index (χ3n) is 1.58. The second-order valence-corrected chi connectivity index (χ2v) is 2.51. The molecule has 0 amide bonds. The monoisotopic (exact) mass is 178 g/mol. The summed E-state index contributed by atoms with van der Waals surface area (Å²) in [6.45, 7) is 0. The SMILES string of the molecule is O=CCC=Cc1c(O)cccc1O. The van der Waals surface area contributed by atoms with E-state index < -0.39 is 0 Å². The predicted molar refractivity (Wildman–Crippen MR) is 49.5 cm³/mol. The minimum atomic E-state index is 0.00199. The van der Waals surface area contributed by atoms with Crippen molar-refractivity contribution in [2.24, 2.45) is 0 Å². The molecule has 3 nitrogen and oxygen atoms in total. The molecule has 1 rings (SSSR count). The predicted octanol–water partition coefficient (Wildman–Crippen LogP) is 1.70. The number of phenols is 2. The summed E-state index contributed by atoms with van der Waals surface area (Å²) >= 11 is 0. The van der Waals surface area contributed by atoms with Gasteiger partial charge in [-0.3, -0.25) is 0 Å². The van der Waals surface area contributed by atoms with Gasteiger partial charge >= 0.3 is 0 Å². The quantitative estimate of drug-likeness (QED) is 0.692. The lowest BCUT2D eigenvalue weighted by Crippen LogP contribution is -1.76. The molecule has 68 valence electrons. The highest BCUT2D eigenvalue weighted by atomic mass is 16.3. The Labute approximate surface area is 76.0 Å². The van der Waals surface area contributed by atoms with Gasteiger partial charge in [-0.2, -0.15) is 0 Å². The number of allylic oxidation sites excluding steroid dienone is 1. The minimum absolute atomic E-state index is 0.00199. The molecule has 0 saturated carbocycles. The highest BCUT2D eigenvalue weighted by molar-refractivity contribution is 5.65. The van der Waals surface area contributed by atoms with Crippen molar-refractivity contribution in [1.82, 2.24) is 0 Å². The second-order valence-electron chi connectivity index (χ2n) is 2.51. The maximum absolute atomic E-state index is 9.99. The van der Waals surface area contributed by atoms with Gasteiger partial charge in [-0.05, 0) is 12.1 Å². The average Bonchev–Trinajstić information content (AvgIpc) is 2.10. The Morgan fingerprint density at radius 3 is 2.38 bits per heavy atom. The van der Waals surface area contributed by atoms with Gasteiger partial charge in [0.25, 0.3) is 0 Å². The zero-order valence-electron chi connectivity index (χ0n) is 6.97. The average molecular weight is 178 g/mol. The summed E-state index contributed by atoms with van der Waals surface area (Å²) in [5, 5.41) is 18.6. The Kier molecular flexibility index (Phi) is 3.09. The van der Waals surface area contributed by atoms with Gasteiger partial charge in [-0.25, -0.2) is 0 Å². The lowest BCUT2D eigenvalue weighted by Gasteiger charge is -2.00. The van der Waals surface area contributed by atoms with Gasteiger partial charge in [0.05, 0.1) is 5.56 Å². The van der Waals surface area contributed by atoms with Crippen LogP contribution in [0.4, 0.5) is 0 Å². The van der Waals surface area contributed by atoms with Crippen LogP contribution >= 0.6 is 0 Å². The molecule has 13 heavy (non-hydrogen) atoms. The minimum Gasteiger partial charge on any atom is -0.507 e. The zero-order chi connectivity index (χ0) is 9.68. The van der Waals surface area contributed by atoms with Gasteiger partial charge in [0.2, 0.25) is 0 Å². The van der Waals surface area contributed by atoms with E-state index >= 15 is 0 Å². The van der Waals surface area contributed by atoms with Crippen LogP contribution in [0.5, 0.6) is 11.5 Å². The highest BCUT2D eigenvalue weighted by Gasteiger charge is 2.01. The Hall–Kier alpha value is -1.77. The molecular formula is C10H10O3. The molecule has 0 radical (unpaired) electrons. The van der Waals surface area contributed by atoms with Crippen molar-refractivity contribution in [3.8, 4) is 11.5 Å². The van der Waals surface area contributed by atoms with Crippen molar-refractivity contribution in [2.45, 2.75) is 6.42 Å². The van der Waals surface area contributed by atoms with Crippen LogP contribution < -0.4 is 0 Å². The molecule has 0 aliphatic carbocycles. The summed E-state index contributed by atoms with van der Waals surface area (Å²) in [7, 11) is 0. The highest BCUT2D eigenvalue weighted by Crippen LogP contribution is 2.27. The lowest BCUT2D eigenvalue weighted by molar-refractivity contribution is -0.107. The van der Waals surface area contributed by atoms with E-state index in [1.54, 1.807) is 12.1 Å². The van der Waals surface area contributed by atoms with E-state index in [1.165, 1.54) is 18.2 Å². The Morgan fingerprint density at radius 1 is 1.23 bits per heavy atom. The number of rotatable bonds is 3. The Balaban J connectivity index is 2.92. The summed E-state index contributed by atoms with van der Waals surface area (Å²) < 4.78 is 0. The van der Waals surface area contributed by atoms with Crippen LogP contribution in [-0.4, -0.2) is 16.5 Å². The molecule has 2 N–H and O–H groups in total. The molecule has 0 aliphatic rings. The van der Waals surface area contributed by atoms with Gasteiger partial charge in [0.15, 0.2) is 0 Å². The van der Waals surface area contributed by atoms with E-state index in [1.807, 2.05) is 0 Å². The standard InChI is InChI=1S/C10H10O3/c11-7-2-1-4-8-9(12)5-3-6-10(8)13/h1,3-7,12-13H,2H2.